The molecule has 4 heteroatoms. The van der Waals surface area contributed by atoms with E-state index in [9.17, 15) is 4.79 Å². The summed E-state index contributed by atoms with van der Waals surface area (Å²) < 4.78 is 9.84. The molecule has 0 radical (unpaired) electrons. The molecule has 1 fully saturated rings. The van der Waals surface area contributed by atoms with E-state index in [-0.39, 0.29) is 5.97 Å². The van der Waals surface area contributed by atoms with Gasteiger partial charge in [-0.05, 0) is 43.2 Å². The maximum absolute atomic E-state index is 11.4. The second-order valence-electron chi connectivity index (χ2n) is 5.08. The summed E-state index contributed by atoms with van der Waals surface area (Å²) >= 11 is 0. The highest BCUT2D eigenvalue weighted by Gasteiger charge is 2.23. The molecule has 1 saturated heterocycles. The van der Waals surface area contributed by atoms with Crippen molar-refractivity contribution in [3.8, 4) is 0 Å². The third kappa shape index (κ3) is 3.20. The largest absolute Gasteiger partial charge is 0.504 e. The van der Waals surface area contributed by atoms with E-state index in [4.69, 9.17) is 9.47 Å². The number of piperidine rings is 1. The molecule has 0 aromatic heterocycles. The Morgan fingerprint density at radius 2 is 2.00 bits per heavy atom. The summed E-state index contributed by atoms with van der Waals surface area (Å²) in [5.74, 6) is -0.298. The molecule has 0 spiro atoms. The maximum Gasteiger partial charge on any atom is 0.337 e. The molecule has 1 aromatic rings. The molecule has 0 amide bonds. The SMILES string of the molecule is CO/C=C1/CCN(C)[C@H](c2ccc(C(=O)OC)cc2)C1. The third-order valence-corrected chi connectivity index (χ3v) is 3.77. The number of carbonyl (C=O) groups excluding carboxylic acids is 1. The fourth-order valence-corrected chi connectivity index (χ4v) is 2.59. The number of rotatable bonds is 3. The van der Waals surface area contributed by atoms with E-state index in [1.54, 1.807) is 7.11 Å². The molecule has 0 aliphatic carbocycles. The van der Waals surface area contributed by atoms with Crippen LogP contribution in [-0.2, 0) is 9.47 Å². The molecule has 1 atom stereocenters. The van der Waals surface area contributed by atoms with Crippen molar-refractivity contribution >= 4 is 5.97 Å². The molecule has 0 unspecified atom stereocenters. The summed E-state index contributed by atoms with van der Waals surface area (Å²) in [5, 5.41) is 0. The monoisotopic (exact) mass is 275 g/mol. The molecule has 1 heterocycles. The zero-order chi connectivity index (χ0) is 14.5. The summed E-state index contributed by atoms with van der Waals surface area (Å²) in [6.07, 6.45) is 3.85. The Morgan fingerprint density at radius 3 is 2.60 bits per heavy atom. The molecular weight excluding hydrogens is 254 g/mol. The number of hydrogen-bond acceptors (Lipinski definition) is 4. The zero-order valence-electron chi connectivity index (χ0n) is 12.3. The lowest BCUT2D eigenvalue weighted by Gasteiger charge is -2.34. The molecule has 1 aromatic carbocycles. The molecule has 1 aliphatic heterocycles. The standard InChI is InChI=1S/C16H21NO3/c1-17-9-8-12(11-19-2)10-15(17)13-4-6-14(7-5-13)16(18)20-3/h4-7,11,15H,8-10H2,1-3H3/b12-11-/t15-/m0/s1. The van der Waals surface area contributed by atoms with Gasteiger partial charge >= 0.3 is 5.97 Å². The molecule has 0 N–H and O–H groups in total. The van der Waals surface area contributed by atoms with Crippen LogP contribution in [0.3, 0.4) is 0 Å². The van der Waals surface area contributed by atoms with Gasteiger partial charge in [0.25, 0.3) is 0 Å². The van der Waals surface area contributed by atoms with Gasteiger partial charge in [-0.3, -0.25) is 4.90 Å². The van der Waals surface area contributed by atoms with Crippen molar-refractivity contribution in [2.45, 2.75) is 18.9 Å². The summed E-state index contributed by atoms with van der Waals surface area (Å²) in [5.41, 5.74) is 3.12. The van der Waals surface area contributed by atoms with Crippen molar-refractivity contribution in [1.82, 2.24) is 4.90 Å². The topological polar surface area (TPSA) is 38.8 Å². The average Bonchev–Trinajstić information content (AvgIpc) is 2.49. The number of nitrogens with zero attached hydrogens (tertiary/aromatic N) is 1. The molecular formula is C16H21NO3. The molecule has 0 bridgehead atoms. The lowest BCUT2D eigenvalue weighted by atomic mass is 9.92. The van der Waals surface area contributed by atoms with Crippen LogP contribution in [-0.4, -0.2) is 38.7 Å². The lowest BCUT2D eigenvalue weighted by Crippen LogP contribution is -2.30. The van der Waals surface area contributed by atoms with Gasteiger partial charge in [0, 0.05) is 12.6 Å². The van der Waals surface area contributed by atoms with Crippen LogP contribution >= 0.6 is 0 Å². The van der Waals surface area contributed by atoms with Gasteiger partial charge in [0.15, 0.2) is 0 Å². The fraction of sp³-hybridized carbons (Fsp3) is 0.438. The van der Waals surface area contributed by atoms with Gasteiger partial charge in [-0.1, -0.05) is 12.1 Å². The number of esters is 1. The van der Waals surface area contributed by atoms with Crippen LogP contribution in [0.25, 0.3) is 0 Å². The van der Waals surface area contributed by atoms with Crippen LogP contribution in [0.4, 0.5) is 0 Å². The highest BCUT2D eigenvalue weighted by atomic mass is 16.5. The number of benzene rings is 1. The van der Waals surface area contributed by atoms with E-state index in [1.165, 1.54) is 18.2 Å². The van der Waals surface area contributed by atoms with Gasteiger partial charge in [0.1, 0.15) is 0 Å². The number of methoxy groups -OCH3 is 2. The molecule has 0 saturated carbocycles. The van der Waals surface area contributed by atoms with Crippen molar-refractivity contribution in [2.75, 3.05) is 27.8 Å². The minimum atomic E-state index is -0.298. The van der Waals surface area contributed by atoms with E-state index in [1.807, 2.05) is 30.5 Å². The predicted octanol–water partition coefficient (Wildman–Crippen LogP) is 2.77. The molecule has 2 rings (SSSR count). The summed E-state index contributed by atoms with van der Waals surface area (Å²) in [4.78, 5) is 13.8. The van der Waals surface area contributed by atoms with Crippen molar-refractivity contribution < 1.29 is 14.3 Å². The first-order valence-corrected chi connectivity index (χ1v) is 6.75. The second kappa shape index (κ2) is 6.57. The maximum atomic E-state index is 11.4. The van der Waals surface area contributed by atoms with Gasteiger partial charge in [0.2, 0.25) is 0 Å². The van der Waals surface area contributed by atoms with E-state index in [0.717, 1.165) is 19.4 Å². The van der Waals surface area contributed by atoms with Crippen LogP contribution in [0.2, 0.25) is 0 Å². The molecule has 108 valence electrons. The number of likely N-dealkylation sites (tertiary alicyclic amines) is 1. The van der Waals surface area contributed by atoms with E-state index in [2.05, 4.69) is 11.9 Å². The van der Waals surface area contributed by atoms with Gasteiger partial charge < -0.3 is 9.47 Å². The zero-order valence-corrected chi connectivity index (χ0v) is 12.3. The van der Waals surface area contributed by atoms with Crippen LogP contribution < -0.4 is 0 Å². The van der Waals surface area contributed by atoms with E-state index >= 15 is 0 Å². The van der Waals surface area contributed by atoms with Gasteiger partial charge in [-0.25, -0.2) is 4.79 Å². The van der Waals surface area contributed by atoms with Crippen molar-refractivity contribution in [3.05, 3.63) is 47.2 Å². The highest BCUT2D eigenvalue weighted by molar-refractivity contribution is 5.89. The Kier molecular flexibility index (Phi) is 4.79. The Bertz CT molecular complexity index is 493. The minimum Gasteiger partial charge on any atom is -0.504 e. The average molecular weight is 275 g/mol. The summed E-state index contributed by atoms with van der Waals surface area (Å²) in [6.45, 7) is 1.01. The smallest absolute Gasteiger partial charge is 0.337 e. The highest BCUT2D eigenvalue weighted by Crippen LogP contribution is 2.32. The lowest BCUT2D eigenvalue weighted by molar-refractivity contribution is 0.0600. The van der Waals surface area contributed by atoms with Gasteiger partial charge in [-0.2, -0.15) is 0 Å². The van der Waals surface area contributed by atoms with Gasteiger partial charge in [-0.15, -0.1) is 0 Å². The van der Waals surface area contributed by atoms with E-state index in [0.29, 0.717) is 11.6 Å². The van der Waals surface area contributed by atoms with Crippen molar-refractivity contribution in [2.24, 2.45) is 0 Å². The normalized spacial score (nSPS) is 21.8. The van der Waals surface area contributed by atoms with Crippen LogP contribution in [0.15, 0.2) is 36.1 Å². The molecule has 1 aliphatic rings. The Hall–Kier alpha value is -1.81. The van der Waals surface area contributed by atoms with Crippen LogP contribution in [0, 0.1) is 0 Å². The summed E-state index contributed by atoms with van der Waals surface area (Å²) in [6, 6.07) is 7.98. The van der Waals surface area contributed by atoms with Crippen LogP contribution in [0.1, 0.15) is 34.8 Å². The predicted molar refractivity (Wildman–Crippen MR) is 77.5 cm³/mol. The Balaban J connectivity index is 2.16. The minimum absolute atomic E-state index is 0.298. The first-order valence-electron chi connectivity index (χ1n) is 6.75. The van der Waals surface area contributed by atoms with Gasteiger partial charge in [0.05, 0.1) is 26.0 Å². The Morgan fingerprint density at radius 1 is 1.30 bits per heavy atom. The second-order valence-corrected chi connectivity index (χ2v) is 5.08. The van der Waals surface area contributed by atoms with Crippen molar-refractivity contribution in [1.29, 1.82) is 0 Å². The quantitative estimate of drug-likeness (QED) is 0.628. The summed E-state index contributed by atoms with van der Waals surface area (Å²) in [7, 11) is 5.21. The first kappa shape index (κ1) is 14.6. The molecule has 20 heavy (non-hydrogen) atoms. The Labute approximate surface area is 120 Å². The number of hydrogen-bond donors (Lipinski definition) is 0. The van der Waals surface area contributed by atoms with Crippen LogP contribution in [0.5, 0.6) is 0 Å². The first-order chi connectivity index (χ1) is 9.65. The fourth-order valence-electron chi connectivity index (χ4n) is 2.59. The number of ether oxygens (including phenoxy) is 2. The van der Waals surface area contributed by atoms with E-state index < -0.39 is 0 Å². The molecule has 4 nitrogen and oxygen atoms in total. The van der Waals surface area contributed by atoms with Crippen molar-refractivity contribution in [3.63, 3.8) is 0 Å². The third-order valence-electron chi connectivity index (χ3n) is 3.77. The number of carbonyl (C=O) groups is 1.